The van der Waals surface area contributed by atoms with Gasteiger partial charge in [-0.25, -0.2) is 14.8 Å². The second kappa shape index (κ2) is 7.35. The molecule has 24 heavy (non-hydrogen) atoms. The normalized spacial score (nSPS) is 16.5. The number of nitrogens with one attached hydrogen (secondary N) is 2. The molecule has 1 fully saturated rings. The maximum Gasteiger partial charge on any atom is 0.405 e. The number of aryl methyl sites for hydroxylation is 1. The van der Waals surface area contributed by atoms with E-state index in [0.29, 0.717) is 17.2 Å². The average Bonchev–Trinajstić information content (AvgIpc) is 2.60. The van der Waals surface area contributed by atoms with Crippen molar-refractivity contribution < 1.29 is 9.90 Å². The Labute approximate surface area is 140 Å². The molecule has 3 heterocycles. The summed E-state index contributed by atoms with van der Waals surface area (Å²) in [6, 6.07) is 7.09. The van der Waals surface area contributed by atoms with Gasteiger partial charge in [0.2, 0.25) is 0 Å². The molecule has 0 aromatic carbocycles. The van der Waals surface area contributed by atoms with Crippen LogP contribution in [-0.4, -0.2) is 39.2 Å². The number of piperidine rings is 1. The van der Waals surface area contributed by atoms with Gasteiger partial charge in [0.1, 0.15) is 5.69 Å². The van der Waals surface area contributed by atoms with E-state index in [-0.39, 0.29) is 12.0 Å². The Hall–Kier alpha value is -2.54. The molecule has 0 spiro atoms. The second-order valence-corrected chi connectivity index (χ2v) is 5.99. The van der Waals surface area contributed by atoms with Crippen LogP contribution in [0.15, 0.2) is 30.5 Å². The average molecular weight is 327 g/mol. The Kier molecular flexibility index (Phi) is 5.00. The molecular weight excluding hydrogens is 306 g/mol. The molecule has 1 atom stereocenters. The van der Waals surface area contributed by atoms with Crippen molar-refractivity contribution >= 4 is 6.09 Å². The van der Waals surface area contributed by atoms with Crippen LogP contribution in [0, 0.1) is 12.8 Å². The number of rotatable bonds is 4. The highest BCUT2D eigenvalue weighted by atomic mass is 16.4. The zero-order valence-corrected chi connectivity index (χ0v) is 13.6. The van der Waals surface area contributed by atoms with Gasteiger partial charge in [-0.1, -0.05) is 6.07 Å². The smallest absolute Gasteiger partial charge is 0.405 e. The third kappa shape index (κ3) is 3.86. The fraction of sp³-hybridized carbons (Fsp3) is 0.412. The molecule has 126 valence electrons. The standard InChI is InChI=1S/C17H21N5O2/c1-11-10-14(21-16(20-11)13-4-2-3-7-19-13)15(22-17(23)24)12-5-8-18-9-6-12/h2-4,7,10,12,15,18,22H,5-6,8-9H2,1H3,(H,23,24). The molecule has 1 saturated heterocycles. The summed E-state index contributed by atoms with van der Waals surface area (Å²) in [7, 11) is 0. The van der Waals surface area contributed by atoms with Crippen molar-refractivity contribution in [2.45, 2.75) is 25.8 Å². The van der Waals surface area contributed by atoms with Crippen LogP contribution in [0.1, 0.15) is 30.3 Å². The summed E-state index contributed by atoms with van der Waals surface area (Å²) < 4.78 is 0. The SMILES string of the molecule is Cc1cc(C(NC(=O)O)C2CCNCC2)nc(-c2ccccn2)n1. The Balaban J connectivity index is 1.97. The fourth-order valence-electron chi connectivity index (χ4n) is 3.11. The summed E-state index contributed by atoms with van der Waals surface area (Å²) in [5.74, 6) is 0.741. The van der Waals surface area contributed by atoms with Gasteiger partial charge in [-0.2, -0.15) is 0 Å². The van der Waals surface area contributed by atoms with Crippen molar-refractivity contribution in [1.82, 2.24) is 25.6 Å². The minimum absolute atomic E-state index is 0.216. The molecule has 1 amide bonds. The minimum Gasteiger partial charge on any atom is -0.465 e. The quantitative estimate of drug-likeness (QED) is 0.795. The molecule has 0 bridgehead atoms. The van der Waals surface area contributed by atoms with Gasteiger partial charge < -0.3 is 15.7 Å². The molecule has 0 saturated carbocycles. The lowest BCUT2D eigenvalue weighted by molar-refractivity contribution is 0.179. The lowest BCUT2D eigenvalue weighted by Crippen LogP contribution is -2.38. The Morgan fingerprint density at radius 2 is 2.12 bits per heavy atom. The van der Waals surface area contributed by atoms with Gasteiger partial charge in [-0.15, -0.1) is 0 Å². The van der Waals surface area contributed by atoms with Gasteiger partial charge in [-0.05, 0) is 57.0 Å². The van der Waals surface area contributed by atoms with Gasteiger partial charge in [0, 0.05) is 11.9 Å². The summed E-state index contributed by atoms with van der Waals surface area (Å²) >= 11 is 0. The van der Waals surface area contributed by atoms with Crippen LogP contribution in [0.4, 0.5) is 4.79 Å². The van der Waals surface area contributed by atoms with Crippen molar-refractivity contribution in [3.8, 4) is 11.5 Å². The topological polar surface area (TPSA) is 100 Å². The molecule has 0 aliphatic carbocycles. The number of nitrogens with zero attached hydrogens (tertiary/aromatic N) is 3. The maximum absolute atomic E-state index is 11.3. The third-order valence-electron chi connectivity index (χ3n) is 4.22. The van der Waals surface area contributed by atoms with E-state index in [4.69, 9.17) is 0 Å². The predicted octanol–water partition coefficient (Wildman–Crippen LogP) is 2.16. The second-order valence-electron chi connectivity index (χ2n) is 5.99. The maximum atomic E-state index is 11.3. The van der Waals surface area contributed by atoms with Crippen molar-refractivity contribution in [2.24, 2.45) is 5.92 Å². The van der Waals surface area contributed by atoms with Crippen LogP contribution in [-0.2, 0) is 0 Å². The molecule has 1 aliphatic heterocycles. The Morgan fingerprint density at radius 1 is 1.33 bits per heavy atom. The molecule has 7 heteroatoms. The molecule has 3 rings (SSSR count). The molecule has 1 unspecified atom stereocenters. The number of hydrogen-bond acceptors (Lipinski definition) is 5. The number of pyridine rings is 1. The first kappa shape index (κ1) is 16.3. The summed E-state index contributed by atoms with van der Waals surface area (Å²) in [4.78, 5) is 24.6. The van der Waals surface area contributed by atoms with E-state index >= 15 is 0 Å². The summed E-state index contributed by atoms with van der Waals surface area (Å²) in [5.41, 5.74) is 2.19. The van der Waals surface area contributed by atoms with Crippen LogP contribution < -0.4 is 10.6 Å². The van der Waals surface area contributed by atoms with Gasteiger partial charge in [-0.3, -0.25) is 4.98 Å². The van der Waals surface area contributed by atoms with Crippen LogP contribution in [0.5, 0.6) is 0 Å². The van der Waals surface area contributed by atoms with E-state index in [9.17, 15) is 9.90 Å². The van der Waals surface area contributed by atoms with Gasteiger partial charge in [0.05, 0.1) is 11.7 Å². The summed E-state index contributed by atoms with van der Waals surface area (Å²) in [6.45, 7) is 3.66. The van der Waals surface area contributed by atoms with Gasteiger partial charge >= 0.3 is 6.09 Å². The fourth-order valence-corrected chi connectivity index (χ4v) is 3.11. The lowest BCUT2D eigenvalue weighted by atomic mass is 9.88. The first-order valence-electron chi connectivity index (χ1n) is 8.10. The number of carboxylic acid groups (broad SMARTS) is 1. The molecule has 7 nitrogen and oxygen atoms in total. The third-order valence-corrected chi connectivity index (χ3v) is 4.22. The van der Waals surface area contributed by atoms with Crippen LogP contribution >= 0.6 is 0 Å². The molecule has 2 aromatic rings. The van der Waals surface area contributed by atoms with Crippen LogP contribution in [0.25, 0.3) is 11.5 Å². The minimum atomic E-state index is -1.03. The number of amides is 1. The highest BCUT2D eigenvalue weighted by Gasteiger charge is 2.28. The van der Waals surface area contributed by atoms with Crippen molar-refractivity contribution in [3.63, 3.8) is 0 Å². The molecular formula is C17H21N5O2. The van der Waals surface area contributed by atoms with Crippen molar-refractivity contribution in [1.29, 1.82) is 0 Å². The first-order chi connectivity index (χ1) is 11.6. The summed E-state index contributed by atoms with van der Waals surface area (Å²) in [6.07, 6.45) is 2.48. The number of carbonyl (C=O) groups is 1. The van der Waals surface area contributed by atoms with E-state index in [1.54, 1.807) is 6.20 Å². The largest absolute Gasteiger partial charge is 0.465 e. The van der Waals surface area contributed by atoms with Gasteiger partial charge in [0.15, 0.2) is 5.82 Å². The van der Waals surface area contributed by atoms with E-state index in [2.05, 4.69) is 25.6 Å². The molecule has 3 N–H and O–H groups in total. The number of hydrogen-bond donors (Lipinski definition) is 3. The number of aromatic nitrogens is 3. The Bertz CT molecular complexity index is 701. The zero-order valence-electron chi connectivity index (χ0n) is 13.6. The predicted molar refractivity (Wildman–Crippen MR) is 89.5 cm³/mol. The van der Waals surface area contributed by atoms with Crippen LogP contribution in [0.3, 0.4) is 0 Å². The zero-order chi connectivity index (χ0) is 16.9. The highest BCUT2D eigenvalue weighted by Crippen LogP contribution is 2.29. The first-order valence-corrected chi connectivity index (χ1v) is 8.10. The van der Waals surface area contributed by atoms with E-state index in [0.717, 1.165) is 31.6 Å². The highest BCUT2D eigenvalue weighted by molar-refractivity contribution is 5.65. The van der Waals surface area contributed by atoms with E-state index in [1.807, 2.05) is 31.2 Å². The monoisotopic (exact) mass is 327 g/mol. The molecule has 1 aliphatic rings. The molecule has 0 radical (unpaired) electrons. The van der Waals surface area contributed by atoms with Crippen molar-refractivity contribution in [3.05, 3.63) is 41.9 Å². The van der Waals surface area contributed by atoms with Crippen LogP contribution in [0.2, 0.25) is 0 Å². The van der Waals surface area contributed by atoms with Crippen molar-refractivity contribution in [2.75, 3.05) is 13.1 Å². The van der Waals surface area contributed by atoms with Gasteiger partial charge in [0.25, 0.3) is 0 Å². The summed E-state index contributed by atoms with van der Waals surface area (Å²) in [5, 5.41) is 15.2. The van der Waals surface area contributed by atoms with E-state index in [1.165, 1.54) is 0 Å². The van der Waals surface area contributed by atoms with E-state index < -0.39 is 6.09 Å². The lowest BCUT2D eigenvalue weighted by Gasteiger charge is -2.30. The Morgan fingerprint density at radius 3 is 2.79 bits per heavy atom. The molecule has 2 aromatic heterocycles.